The van der Waals surface area contributed by atoms with Crippen LogP contribution in [0.1, 0.15) is 30.1 Å². The van der Waals surface area contributed by atoms with Gasteiger partial charge in [0.25, 0.3) is 5.91 Å². The minimum Gasteiger partial charge on any atom is -0.352 e. The van der Waals surface area contributed by atoms with Crippen LogP contribution in [-0.4, -0.2) is 17.4 Å². The van der Waals surface area contributed by atoms with Crippen LogP contribution in [0.3, 0.4) is 0 Å². The highest BCUT2D eigenvalue weighted by Gasteiger charge is 2.11. The fourth-order valence-electron chi connectivity index (χ4n) is 1.82. The van der Waals surface area contributed by atoms with Crippen LogP contribution in [0.4, 0.5) is 11.5 Å². The molecule has 1 aromatic heterocycles. The predicted molar refractivity (Wildman–Crippen MR) is 88.5 cm³/mol. The van der Waals surface area contributed by atoms with Crippen LogP contribution in [0.25, 0.3) is 0 Å². The van der Waals surface area contributed by atoms with Crippen molar-refractivity contribution in [1.82, 2.24) is 10.3 Å². The van der Waals surface area contributed by atoms with Crippen molar-refractivity contribution in [2.24, 2.45) is 0 Å². The minimum absolute atomic E-state index is 0. The van der Waals surface area contributed by atoms with Gasteiger partial charge < -0.3 is 10.6 Å². The van der Waals surface area contributed by atoms with E-state index in [0.717, 1.165) is 18.5 Å². The number of hydrogen-bond donors (Lipinski definition) is 2. The Balaban J connectivity index is 0.00000220. The summed E-state index contributed by atoms with van der Waals surface area (Å²) in [6, 6.07) is 13.2. The van der Waals surface area contributed by atoms with Crippen molar-refractivity contribution >= 4 is 29.8 Å². The predicted octanol–water partition coefficient (Wildman–Crippen LogP) is 3.78. The maximum Gasteiger partial charge on any atom is 0.255 e. The Kier molecular flexibility index (Phi) is 7.26. The summed E-state index contributed by atoms with van der Waals surface area (Å²) in [6.07, 6.45) is 3.71. The molecule has 0 aliphatic heterocycles. The van der Waals surface area contributed by atoms with Crippen LogP contribution in [0.15, 0.2) is 48.7 Å². The Bertz CT molecular complexity index is 560. The highest BCUT2D eigenvalue weighted by atomic mass is 35.5. The van der Waals surface area contributed by atoms with Gasteiger partial charge in [0, 0.05) is 18.4 Å². The van der Waals surface area contributed by atoms with E-state index in [1.807, 2.05) is 30.3 Å². The number of aromatic nitrogens is 1. The number of hydrogen-bond acceptors (Lipinski definition) is 3. The molecule has 2 rings (SSSR count). The van der Waals surface area contributed by atoms with Crippen molar-refractivity contribution < 1.29 is 4.79 Å². The third-order valence-corrected chi connectivity index (χ3v) is 2.90. The Morgan fingerprint density at radius 2 is 1.90 bits per heavy atom. The molecule has 1 amide bonds. The molecular formula is C16H20ClN3O. The molecule has 0 aliphatic rings. The number of benzene rings is 1. The van der Waals surface area contributed by atoms with E-state index in [-0.39, 0.29) is 18.3 Å². The number of halogens is 1. The van der Waals surface area contributed by atoms with Crippen LogP contribution in [0.2, 0.25) is 0 Å². The number of carbonyl (C=O) groups is 1. The maximum absolute atomic E-state index is 12.1. The number of para-hydroxylation sites is 1. The molecule has 1 heterocycles. The third-order valence-electron chi connectivity index (χ3n) is 2.90. The average molecular weight is 306 g/mol. The molecule has 0 saturated carbocycles. The quantitative estimate of drug-likeness (QED) is 0.799. The second-order valence-electron chi connectivity index (χ2n) is 4.50. The standard InChI is InChI=1S/C16H19N3O.ClH/c1-2-3-11-18-16(20)14-10-7-12-17-15(14)19-13-8-5-4-6-9-13;/h4-10,12H,2-3,11H2,1H3,(H,17,19)(H,18,20);1H. The van der Waals surface area contributed by atoms with Crippen LogP contribution in [0, 0.1) is 0 Å². The molecule has 5 heteroatoms. The first-order valence-corrected chi connectivity index (χ1v) is 6.86. The molecule has 0 bridgehead atoms. The molecule has 0 saturated heterocycles. The van der Waals surface area contributed by atoms with Gasteiger partial charge in [0.15, 0.2) is 0 Å². The number of nitrogens with one attached hydrogen (secondary N) is 2. The Hall–Kier alpha value is -2.07. The largest absolute Gasteiger partial charge is 0.352 e. The maximum atomic E-state index is 12.1. The molecule has 112 valence electrons. The van der Waals surface area contributed by atoms with Crippen LogP contribution in [-0.2, 0) is 0 Å². The number of anilines is 2. The lowest BCUT2D eigenvalue weighted by Gasteiger charge is -2.11. The molecule has 4 nitrogen and oxygen atoms in total. The zero-order valence-electron chi connectivity index (χ0n) is 12.0. The van der Waals surface area contributed by atoms with E-state index in [2.05, 4.69) is 22.5 Å². The SMILES string of the molecule is CCCCNC(=O)c1cccnc1Nc1ccccc1.Cl. The lowest BCUT2D eigenvalue weighted by Crippen LogP contribution is -2.25. The summed E-state index contributed by atoms with van der Waals surface area (Å²) in [5.74, 6) is 0.484. The Morgan fingerprint density at radius 3 is 2.62 bits per heavy atom. The van der Waals surface area contributed by atoms with E-state index in [1.54, 1.807) is 18.3 Å². The Morgan fingerprint density at radius 1 is 1.14 bits per heavy atom. The van der Waals surface area contributed by atoms with Crippen molar-refractivity contribution in [2.75, 3.05) is 11.9 Å². The molecule has 0 aliphatic carbocycles. The van der Waals surface area contributed by atoms with Crippen molar-refractivity contribution in [2.45, 2.75) is 19.8 Å². The molecular weight excluding hydrogens is 286 g/mol. The first-order valence-electron chi connectivity index (χ1n) is 6.86. The van der Waals surface area contributed by atoms with Gasteiger partial charge >= 0.3 is 0 Å². The van der Waals surface area contributed by atoms with E-state index in [4.69, 9.17) is 0 Å². The van der Waals surface area contributed by atoms with Crippen molar-refractivity contribution in [3.8, 4) is 0 Å². The van der Waals surface area contributed by atoms with Crippen molar-refractivity contribution in [3.05, 3.63) is 54.2 Å². The van der Waals surface area contributed by atoms with E-state index >= 15 is 0 Å². The molecule has 0 atom stereocenters. The fraction of sp³-hybridized carbons (Fsp3) is 0.250. The fourth-order valence-corrected chi connectivity index (χ4v) is 1.82. The number of carbonyl (C=O) groups excluding carboxylic acids is 1. The zero-order valence-corrected chi connectivity index (χ0v) is 12.8. The van der Waals surface area contributed by atoms with Gasteiger partial charge in [0.1, 0.15) is 5.82 Å². The van der Waals surface area contributed by atoms with Gasteiger partial charge in [-0.2, -0.15) is 0 Å². The number of nitrogens with zero attached hydrogens (tertiary/aromatic N) is 1. The van der Waals surface area contributed by atoms with Gasteiger partial charge in [-0.15, -0.1) is 12.4 Å². The summed E-state index contributed by atoms with van der Waals surface area (Å²) in [4.78, 5) is 16.4. The van der Waals surface area contributed by atoms with Gasteiger partial charge in [-0.25, -0.2) is 4.98 Å². The second kappa shape index (κ2) is 8.97. The molecule has 2 aromatic rings. The monoisotopic (exact) mass is 305 g/mol. The summed E-state index contributed by atoms with van der Waals surface area (Å²) >= 11 is 0. The highest BCUT2D eigenvalue weighted by Crippen LogP contribution is 2.17. The molecule has 21 heavy (non-hydrogen) atoms. The van der Waals surface area contributed by atoms with Gasteiger partial charge in [0.05, 0.1) is 5.56 Å². The van der Waals surface area contributed by atoms with E-state index in [9.17, 15) is 4.79 Å². The first-order chi connectivity index (χ1) is 9.81. The van der Waals surface area contributed by atoms with Crippen molar-refractivity contribution in [1.29, 1.82) is 0 Å². The summed E-state index contributed by atoms with van der Waals surface area (Å²) in [5, 5.41) is 6.08. The molecule has 1 aromatic carbocycles. The van der Waals surface area contributed by atoms with Gasteiger partial charge in [-0.1, -0.05) is 31.5 Å². The third kappa shape index (κ3) is 5.08. The summed E-state index contributed by atoms with van der Waals surface area (Å²) in [6.45, 7) is 2.79. The number of rotatable bonds is 6. The topological polar surface area (TPSA) is 54.0 Å². The smallest absolute Gasteiger partial charge is 0.255 e. The molecule has 0 radical (unpaired) electrons. The number of unbranched alkanes of at least 4 members (excludes halogenated alkanes) is 1. The molecule has 2 N–H and O–H groups in total. The summed E-state index contributed by atoms with van der Waals surface area (Å²) < 4.78 is 0. The van der Waals surface area contributed by atoms with Gasteiger partial charge in [0.2, 0.25) is 0 Å². The first kappa shape index (κ1) is 17.0. The van der Waals surface area contributed by atoms with Crippen LogP contribution in [0.5, 0.6) is 0 Å². The minimum atomic E-state index is -0.0926. The van der Waals surface area contributed by atoms with Crippen LogP contribution >= 0.6 is 12.4 Å². The molecule has 0 spiro atoms. The molecule has 0 unspecified atom stereocenters. The number of amides is 1. The highest BCUT2D eigenvalue weighted by molar-refractivity contribution is 5.99. The van der Waals surface area contributed by atoms with E-state index in [0.29, 0.717) is 17.9 Å². The average Bonchev–Trinajstić information content (AvgIpc) is 2.49. The van der Waals surface area contributed by atoms with Gasteiger partial charge in [-0.3, -0.25) is 4.79 Å². The normalized spacial score (nSPS) is 9.57. The van der Waals surface area contributed by atoms with Crippen molar-refractivity contribution in [3.63, 3.8) is 0 Å². The second-order valence-corrected chi connectivity index (χ2v) is 4.50. The van der Waals surface area contributed by atoms with Gasteiger partial charge in [-0.05, 0) is 30.7 Å². The van der Waals surface area contributed by atoms with E-state index in [1.165, 1.54) is 0 Å². The summed E-state index contributed by atoms with van der Waals surface area (Å²) in [7, 11) is 0. The zero-order chi connectivity index (χ0) is 14.2. The van der Waals surface area contributed by atoms with E-state index < -0.39 is 0 Å². The number of pyridine rings is 1. The lowest BCUT2D eigenvalue weighted by molar-refractivity contribution is 0.0953. The molecule has 0 fully saturated rings. The van der Waals surface area contributed by atoms with Crippen LogP contribution < -0.4 is 10.6 Å². The Labute approximate surface area is 131 Å². The summed E-state index contributed by atoms with van der Waals surface area (Å²) in [5.41, 5.74) is 1.47. The lowest BCUT2D eigenvalue weighted by atomic mass is 10.2.